The highest BCUT2D eigenvalue weighted by Gasteiger charge is 2.18. The summed E-state index contributed by atoms with van der Waals surface area (Å²) in [5.74, 6) is 0.0242. The van der Waals surface area contributed by atoms with E-state index in [2.05, 4.69) is 10.3 Å². The Morgan fingerprint density at radius 1 is 1.33 bits per heavy atom. The largest absolute Gasteiger partial charge is 0.496 e. The second-order valence-corrected chi connectivity index (χ2v) is 5.04. The Bertz CT molecular complexity index is 715. The van der Waals surface area contributed by atoms with E-state index in [0.29, 0.717) is 16.5 Å². The molecule has 2 rings (SSSR count). The molecule has 1 atom stereocenters. The van der Waals surface area contributed by atoms with Gasteiger partial charge in [0.1, 0.15) is 16.6 Å². The molecule has 1 N–H and O–H groups in total. The SMILES string of the molecule is COc1cccc2c(C(=O)N[C@@H](C)C(C)=O)nc(Cl)cc12. The quantitative estimate of drug-likeness (QED) is 0.882. The Morgan fingerprint density at radius 2 is 2.05 bits per heavy atom. The van der Waals surface area contributed by atoms with Crippen molar-refractivity contribution in [2.75, 3.05) is 7.11 Å². The van der Waals surface area contributed by atoms with Crippen LogP contribution in [0.25, 0.3) is 10.8 Å². The minimum atomic E-state index is -0.584. The van der Waals surface area contributed by atoms with E-state index in [9.17, 15) is 9.59 Å². The van der Waals surface area contributed by atoms with Gasteiger partial charge in [-0.2, -0.15) is 0 Å². The summed E-state index contributed by atoms with van der Waals surface area (Å²) in [5, 5.41) is 4.10. The van der Waals surface area contributed by atoms with Crippen LogP contribution in [0, 0.1) is 0 Å². The van der Waals surface area contributed by atoms with Crippen molar-refractivity contribution in [3.8, 4) is 5.75 Å². The molecule has 0 aliphatic carbocycles. The molecule has 21 heavy (non-hydrogen) atoms. The maximum absolute atomic E-state index is 12.3. The van der Waals surface area contributed by atoms with Crippen LogP contribution in [-0.4, -0.2) is 29.8 Å². The summed E-state index contributed by atoms with van der Waals surface area (Å²) >= 11 is 5.98. The molecule has 1 amide bonds. The first kappa shape index (κ1) is 15.3. The number of amides is 1. The molecule has 0 aliphatic rings. The Morgan fingerprint density at radius 3 is 2.67 bits per heavy atom. The molecule has 0 unspecified atom stereocenters. The third-order valence-electron chi connectivity index (χ3n) is 3.20. The molecular formula is C15H15ClN2O3. The molecule has 0 saturated carbocycles. The first-order valence-corrected chi connectivity index (χ1v) is 6.76. The number of carbonyl (C=O) groups excluding carboxylic acids is 2. The summed E-state index contributed by atoms with van der Waals surface area (Å²) in [6.07, 6.45) is 0. The minimum Gasteiger partial charge on any atom is -0.496 e. The number of Topliss-reactive ketones (excluding diaryl/α,β-unsaturated/α-hetero) is 1. The molecule has 0 saturated heterocycles. The highest BCUT2D eigenvalue weighted by molar-refractivity contribution is 6.30. The van der Waals surface area contributed by atoms with Crippen LogP contribution in [0.3, 0.4) is 0 Å². The van der Waals surface area contributed by atoms with Crippen molar-refractivity contribution in [2.45, 2.75) is 19.9 Å². The van der Waals surface area contributed by atoms with Gasteiger partial charge in [-0.05, 0) is 26.0 Å². The van der Waals surface area contributed by atoms with E-state index >= 15 is 0 Å². The van der Waals surface area contributed by atoms with Crippen molar-refractivity contribution in [3.63, 3.8) is 0 Å². The summed E-state index contributed by atoms with van der Waals surface area (Å²) in [6.45, 7) is 3.03. The van der Waals surface area contributed by atoms with Crippen molar-refractivity contribution < 1.29 is 14.3 Å². The van der Waals surface area contributed by atoms with Crippen molar-refractivity contribution in [1.29, 1.82) is 0 Å². The average Bonchev–Trinajstić information content (AvgIpc) is 2.45. The van der Waals surface area contributed by atoms with E-state index in [-0.39, 0.29) is 16.6 Å². The van der Waals surface area contributed by atoms with Crippen molar-refractivity contribution >= 4 is 34.1 Å². The van der Waals surface area contributed by atoms with E-state index in [4.69, 9.17) is 16.3 Å². The van der Waals surface area contributed by atoms with Gasteiger partial charge in [-0.3, -0.25) is 9.59 Å². The summed E-state index contributed by atoms with van der Waals surface area (Å²) < 4.78 is 5.26. The number of carbonyl (C=O) groups is 2. The van der Waals surface area contributed by atoms with E-state index in [0.717, 1.165) is 0 Å². The van der Waals surface area contributed by atoms with Gasteiger partial charge in [-0.15, -0.1) is 0 Å². The fraction of sp³-hybridized carbons (Fsp3) is 0.267. The molecule has 0 spiro atoms. The molecule has 2 aromatic rings. The number of hydrogen-bond donors (Lipinski definition) is 1. The standard InChI is InChI=1S/C15H15ClN2O3/c1-8(9(2)19)17-15(20)14-10-5-4-6-12(21-3)11(10)7-13(16)18-14/h4-8H,1-3H3,(H,17,20)/t8-/m0/s1. The van der Waals surface area contributed by atoms with E-state index in [1.807, 2.05) is 0 Å². The molecule has 0 fully saturated rings. The van der Waals surface area contributed by atoms with Gasteiger partial charge in [0.2, 0.25) is 0 Å². The zero-order valence-corrected chi connectivity index (χ0v) is 12.7. The maximum Gasteiger partial charge on any atom is 0.271 e. The summed E-state index contributed by atoms with van der Waals surface area (Å²) in [4.78, 5) is 27.6. The number of nitrogens with one attached hydrogen (secondary N) is 1. The number of ether oxygens (including phenoxy) is 1. The van der Waals surface area contributed by atoms with Gasteiger partial charge in [-0.25, -0.2) is 4.98 Å². The summed E-state index contributed by atoms with van der Waals surface area (Å²) in [5.41, 5.74) is 0.171. The third-order valence-corrected chi connectivity index (χ3v) is 3.39. The van der Waals surface area contributed by atoms with Crippen LogP contribution in [0.2, 0.25) is 5.15 Å². The Labute approximate surface area is 127 Å². The predicted octanol–water partition coefficient (Wildman–Crippen LogP) is 2.60. The molecule has 1 aromatic carbocycles. The highest BCUT2D eigenvalue weighted by Crippen LogP contribution is 2.29. The molecule has 0 bridgehead atoms. The summed E-state index contributed by atoms with van der Waals surface area (Å²) in [7, 11) is 1.54. The van der Waals surface area contributed by atoms with Crippen molar-refractivity contribution in [2.24, 2.45) is 0 Å². The number of fused-ring (bicyclic) bond motifs is 1. The van der Waals surface area contributed by atoms with Crippen molar-refractivity contribution in [3.05, 3.63) is 35.1 Å². The molecule has 110 valence electrons. The third kappa shape index (κ3) is 3.13. The molecule has 5 nitrogen and oxygen atoms in total. The number of nitrogens with zero attached hydrogens (tertiary/aromatic N) is 1. The second-order valence-electron chi connectivity index (χ2n) is 4.65. The zero-order chi connectivity index (χ0) is 15.6. The van der Waals surface area contributed by atoms with Crippen LogP contribution < -0.4 is 10.1 Å². The van der Waals surface area contributed by atoms with Crippen LogP contribution in [0.4, 0.5) is 0 Å². The predicted molar refractivity (Wildman–Crippen MR) is 80.9 cm³/mol. The van der Waals surface area contributed by atoms with Gasteiger partial charge in [0.15, 0.2) is 5.78 Å². The minimum absolute atomic E-state index is 0.132. The van der Waals surface area contributed by atoms with Crippen molar-refractivity contribution in [1.82, 2.24) is 10.3 Å². The van der Waals surface area contributed by atoms with Crippen LogP contribution in [0.5, 0.6) is 5.75 Å². The number of halogens is 1. The van der Waals surface area contributed by atoms with E-state index in [1.54, 1.807) is 38.3 Å². The molecule has 1 heterocycles. The van der Waals surface area contributed by atoms with Gasteiger partial charge in [0.05, 0.1) is 13.2 Å². The Balaban J connectivity index is 2.53. The highest BCUT2D eigenvalue weighted by atomic mass is 35.5. The number of pyridine rings is 1. The van der Waals surface area contributed by atoms with Gasteiger partial charge >= 0.3 is 0 Å². The van der Waals surface area contributed by atoms with Gasteiger partial charge in [0, 0.05) is 10.8 Å². The van der Waals surface area contributed by atoms with Crippen LogP contribution in [0.1, 0.15) is 24.3 Å². The molecular weight excluding hydrogens is 292 g/mol. The smallest absolute Gasteiger partial charge is 0.271 e. The zero-order valence-electron chi connectivity index (χ0n) is 11.9. The number of methoxy groups -OCH3 is 1. The lowest BCUT2D eigenvalue weighted by molar-refractivity contribution is -0.118. The lowest BCUT2D eigenvalue weighted by atomic mass is 10.1. The maximum atomic E-state index is 12.3. The number of ketones is 1. The first-order chi connectivity index (χ1) is 9.93. The van der Waals surface area contributed by atoms with Gasteiger partial charge in [-0.1, -0.05) is 23.7 Å². The molecule has 0 radical (unpaired) electrons. The Hall–Kier alpha value is -2.14. The molecule has 1 aromatic heterocycles. The van der Waals surface area contributed by atoms with E-state index < -0.39 is 11.9 Å². The lowest BCUT2D eigenvalue weighted by Crippen LogP contribution is -2.37. The van der Waals surface area contributed by atoms with Crippen LogP contribution in [0.15, 0.2) is 24.3 Å². The molecule has 6 heteroatoms. The van der Waals surface area contributed by atoms with Gasteiger partial charge in [0.25, 0.3) is 5.91 Å². The van der Waals surface area contributed by atoms with Gasteiger partial charge < -0.3 is 10.1 Å². The van der Waals surface area contributed by atoms with Crippen LogP contribution >= 0.6 is 11.6 Å². The summed E-state index contributed by atoms with van der Waals surface area (Å²) in [6, 6.07) is 6.36. The van der Waals surface area contributed by atoms with E-state index in [1.165, 1.54) is 6.92 Å². The lowest BCUT2D eigenvalue weighted by Gasteiger charge is -2.13. The Kier molecular flexibility index (Phi) is 4.43. The number of hydrogen-bond acceptors (Lipinski definition) is 4. The average molecular weight is 307 g/mol. The number of benzene rings is 1. The molecule has 0 aliphatic heterocycles. The topological polar surface area (TPSA) is 68.3 Å². The monoisotopic (exact) mass is 306 g/mol. The number of aromatic nitrogens is 1. The van der Waals surface area contributed by atoms with Crippen LogP contribution in [-0.2, 0) is 4.79 Å². The fourth-order valence-corrected chi connectivity index (χ4v) is 2.13. The fourth-order valence-electron chi connectivity index (χ4n) is 1.94. The normalized spacial score (nSPS) is 12.0. The first-order valence-electron chi connectivity index (χ1n) is 6.38. The second kappa shape index (κ2) is 6.10. The number of rotatable bonds is 4.